The van der Waals surface area contributed by atoms with E-state index in [0.717, 1.165) is 16.9 Å². The first kappa shape index (κ1) is 19.2. The highest BCUT2D eigenvalue weighted by Crippen LogP contribution is 2.17. The van der Waals surface area contributed by atoms with Crippen LogP contribution in [0, 0.1) is 0 Å². The zero-order valence-electron chi connectivity index (χ0n) is 15.6. The van der Waals surface area contributed by atoms with Crippen molar-refractivity contribution in [3.05, 3.63) is 96.1 Å². The molecule has 3 rings (SSSR count). The lowest BCUT2D eigenvalue weighted by atomic mass is 10.2. The van der Waals surface area contributed by atoms with Crippen molar-refractivity contribution in [3.63, 3.8) is 0 Å². The number of rotatable bonds is 8. The molecule has 28 heavy (non-hydrogen) atoms. The van der Waals surface area contributed by atoms with E-state index in [2.05, 4.69) is 10.5 Å². The van der Waals surface area contributed by atoms with Gasteiger partial charge in [0.15, 0.2) is 0 Å². The summed E-state index contributed by atoms with van der Waals surface area (Å²) in [7, 11) is 0. The Kier molecular flexibility index (Phi) is 6.79. The first-order valence-electron chi connectivity index (χ1n) is 9.02. The van der Waals surface area contributed by atoms with Crippen molar-refractivity contribution in [3.8, 4) is 5.75 Å². The van der Waals surface area contributed by atoms with Crippen LogP contribution in [0.1, 0.15) is 18.1 Å². The van der Waals surface area contributed by atoms with E-state index in [1.54, 1.807) is 25.3 Å². The standard InChI is InChI=1S/C23H22N2O3/c1-18(28-24-16-19-8-4-2-5-9-19)23(26)25-21-12-14-22(15-13-21)27-17-20-10-6-3-7-11-20/h2-16,18H,17H2,1H3,(H,25,26)/b24-16-/t18-/m0/s1. The van der Waals surface area contributed by atoms with E-state index >= 15 is 0 Å². The molecule has 0 heterocycles. The average molecular weight is 374 g/mol. The van der Waals surface area contributed by atoms with Gasteiger partial charge < -0.3 is 14.9 Å². The number of carbonyl (C=O) groups is 1. The maximum atomic E-state index is 12.2. The number of carbonyl (C=O) groups excluding carboxylic acids is 1. The Labute approximate surface area is 164 Å². The monoisotopic (exact) mass is 374 g/mol. The van der Waals surface area contributed by atoms with Crippen molar-refractivity contribution in [1.82, 2.24) is 0 Å². The van der Waals surface area contributed by atoms with Gasteiger partial charge in [-0.3, -0.25) is 4.79 Å². The van der Waals surface area contributed by atoms with Crippen molar-refractivity contribution in [1.29, 1.82) is 0 Å². The average Bonchev–Trinajstić information content (AvgIpc) is 2.74. The number of nitrogens with zero attached hydrogens (tertiary/aromatic N) is 1. The van der Waals surface area contributed by atoms with Crippen molar-refractivity contribution in [2.24, 2.45) is 5.16 Å². The lowest BCUT2D eigenvalue weighted by Crippen LogP contribution is -2.26. The Balaban J connectivity index is 1.46. The summed E-state index contributed by atoms with van der Waals surface area (Å²) in [6.45, 7) is 2.14. The van der Waals surface area contributed by atoms with Crippen LogP contribution in [0.3, 0.4) is 0 Å². The summed E-state index contributed by atoms with van der Waals surface area (Å²) in [5.41, 5.74) is 2.67. The molecule has 0 aliphatic rings. The smallest absolute Gasteiger partial charge is 0.267 e. The van der Waals surface area contributed by atoms with Gasteiger partial charge in [-0.05, 0) is 42.3 Å². The van der Waals surface area contributed by atoms with Gasteiger partial charge in [0.05, 0.1) is 6.21 Å². The van der Waals surface area contributed by atoms with Gasteiger partial charge >= 0.3 is 0 Å². The number of hydrogen-bond donors (Lipinski definition) is 1. The second kappa shape index (κ2) is 9.92. The van der Waals surface area contributed by atoms with Crippen LogP contribution in [0.2, 0.25) is 0 Å². The van der Waals surface area contributed by atoms with E-state index in [4.69, 9.17) is 9.57 Å². The summed E-state index contributed by atoms with van der Waals surface area (Å²) in [4.78, 5) is 17.4. The van der Waals surface area contributed by atoms with Crippen LogP contribution in [0.5, 0.6) is 5.75 Å². The molecule has 0 aliphatic carbocycles. The summed E-state index contributed by atoms with van der Waals surface area (Å²) >= 11 is 0. The van der Waals surface area contributed by atoms with E-state index in [-0.39, 0.29) is 5.91 Å². The van der Waals surface area contributed by atoms with Crippen LogP contribution in [-0.2, 0) is 16.2 Å². The molecule has 0 saturated heterocycles. The SMILES string of the molecule is C[C@H](O/N=C\c1ccccc1)C(=O)Nc1ccc(OCc2ccccc2)cc1. The van der Waals surface area contributed by atoms with E-state index < -0.39 is 6.10 Å². The maximum absolute atomic E-state index is 12.2. The van der Waals surface area contributed by atoms with Gasteiger partial charge in [-0.1, -0.05) is 65.8 Å². The number of hydrogen-bond acceptors (Lipinski definition) is 4. The van der Waals surface area contributed by atoms with Gasteiger partial charge in [-0.2, -0.15) is 0 Å². The van der Waals surface area contributed by atoms with E-state index in [0.29, 0.717) is 12.3 Å². The molecule has 5 nitrogen and oxygen atoms in total. The Morgan fingerprint density at radius 1 is 0.964 bits per heavy atom. The van der Waals surface area contributed by atoms with Gasteiger partial charge in [0, 0.05) is 5.69 Å². The highest BCUT2D eigenvalue weighted by Gasteiger charge is 2.14. The molecule has 0 bridgehead atoms. The lowest BCUT2D eigenvalue weighted by molar-refractivity contribution is -0.126. The normalized spacial score (nSPS) is 11.8. The van der Waals surface area contributed by atoms with Gasteiger partial charge in [-0.15, -0.1) is 0 Å². The molecule has 3 aromatic rings. The predicted octanol–water partition coefficient (Wildman–Crippen LogP) is 4.64. The summed E-state index contributed by atoms with van der Waals surface area (Å²) in [5.74, 6) is 0.460. The molecule has 1 N–H and O–H groups in total. The topological polar surface area (TPSA) is 59.9 Å². The fourth-order valence-corrected chi connectivity index (χ4v) is 2.39. The minimum atomic E-state index is -0.714. The molecular formula is C23H22N2O3. The number of anilines is 1. The molecule has 1 atom stereocenters. The molecule has 0 fully saturated rings. The number of nitrogens with one attached hydrogen (secondary N) is 1. The van der Waals surface area contributed by atoms with E-state index in [1.807, 2.05) is 72.8 Å². The van der Waals surface area contributed by atoms with E-state index in [1.165, 1.54) is 0 Å². The Hall–Kier alpha value is -3.60. The number of benzene rings is 3. The molecule has 0 aliphatic heterocycles. The Morgan fingerprint density at radius 3 is 2.29 bits per heavy atom. The fourth-order valence-electron chi connectivity index (χ4n) is 2.39. The zero-order valence-corrected chi connectivity index (χ0v) is 15.6. The second-order valence-electron chi connectivity index (χ2n) is 6.18. The number of amides is 1. The Bertz CT molecular complexity index is 894. The third-order valence-electron chi connectivity index (χ3n) is 3.96. The first-order valence-corrected chi connectivity index (χ1v) is 9.02. The van der Waals surface area contributed by atoms with Crippen molar-refractivity contribution >= 4 is 17.8 Å². The van der Waals surface area contributed by atoms with Crippen LogP contribution >= 0.6 is 0 Å². The quantitative estimate of drug-likeness (QED) is 0.461. The predicted molar refractivity (Wildman–Crippen MR) is 110 cm³/mol. The highest BCUT2D eigenvalue weighted by atomic mass is 16.6. The third-order valence-corrected chi connectivity index (χ3v) is 3.96. The minimum absolute atomic E-state index is 0.275. The van der Waals surface area contributed by atoms with Crippen LogP contribution < -0.4 is 10.1 Å². The van der Waals surface area contributed by atoms with E-state index in [9.17, 15) is 4.79 Å². The molecule has 0 unspecified atom stereocenters. The molecule has 1 amide bonds. The molecule has 5 heteroatoms. The van der Waals surface area contributed by atoms with Gasteiger partial charge in [0.1, 0.15) is 12.4 Å². The first-order chi connectivity index (χ1) is 13.7. The summed E-state index contributed by atoms with van der Waals surface area (Å²) in [6, 6.07) is 26.7. The molecule has 0 radical (unpaired) electrons. The molecule has 142 valence electrons. The summed E-state index contributed by atoms with van der Waals surface area (Å²) in [5, 5.41) is 6.66. The van der Waals surface area contributed by atoms with Gasteiger partial charge in [0.25, 0.3) is 5.91 Å². The molecular weight excluding hydrogens is 352 g/mol. The van der Waals surface area contributed by atoms with Gasteiger partial charge in [0.2, 0.25) is 6.10 Å². The largest absolute Gasteiger partial charge is 0.489 e. The van der Waals surface area contributed by atoms with Crippen LogP contribution in [0.25, 0.3) is 0 Å². The van der Waals surface area contributed by atoms with Crippen LogP contribution in [-0.4, -0.2) is 18.2 Å². The fraction of sp³-hybridized carbons (Fsp3) is 0.130. The zero-order chi connectivity index (χ0) is 19.6. The van der Waals surface area contributed by atoms with Crippen molar-refractivity contribution in [2.45, 2.75) is 19.6 Å². The molecule has 0 spiro atoms. The molecule has 0 saturated carbocycles. The van der Waals surface area contributed by atoms with Crippen LogP contribution in [0.4, 0.5) is 5.69 Å². The maximum Gasteiger partial charge on any atom is 0.267 e. The van der Waals surface area contributed by atoms with Crippen molar-refractivity contribution in [2.75, 3.05) is 5.32 Å². The highest BCUT2D eigenvalue weighted by molar-refractivity contribution is 5.94. The number of oxime groups is 1. The molecule has 0 aromatic heterocycles. The van der Waals surface area contributed by atoms with Crippen molar-refractivity contribution < 1.29 is 14.4 Å². The second-order valence-corrected chi connectivity index (χ2v) is 6.18. The van der Waals surface area contributed by atoms with Gasteiger partial charge in [-0.25, -0.2) is 0 Å². The summed E-state index contributed by atoms with van der Waals surface area (Å²) in [6.07, 6.45) is 0.858. The van der Waals surface area contributed by atoms with Crippen LogP contribution in [0.15, 0.2) is 90.1 Å². The summed E-state index contributed by atoms with van der Waals surface area (Å²) < 4.78 is 5.74. The lowest BCUT2D eigenvalue weighted by Gasteiger charge is -2.11. The Morgan fingerprint density at radius 2 is 1.61 bits per heavy atom. The number of ether oxygens (including phenoxy) is 1. The third kappa shape index (κ3) is 5.99. The minimum Gasteiger partial charge on any atom is -0.489 e. The molecule has 3 aromatic carbocycles.